The van der Waals surface area contributed by atoms with E-state index in [-0.39, 0.29) is 22.8 Å². The van der Waals surface area contributed by atoms with Crippen LogP contribution in [0.5, 0.6) is 11.5 Å². The van der Waals surface area contributed by atoms with E-state index in [2.05, 4.69) is 12.1 Å². The number of benzene rings is 2. The van der Waals surface area contributed by atoms with Crippen LogP contribution in [-0.4, -0.2) is 20.8 Å². The van der Waals surface area contributed by atoms with Crippen molar-refractivity contribution in [1.82, 2.24) is 0 Å². The molecular formula is C18H21BrFNO2. The highest BCUT2D eigenvalue weighted by atomic mass is 79.9. The highest BCUT2D eigenvalue weighted by Crippen LogP contribution is 2.31. The Balaban J connectivity index is 0.00000192. The van der Waals surface area contributed by atoms with Gasteiger partial charge in [0.15, 0.2) is 11.5 Å². The predicted molar refractivity (Wildman–Crippen MR) is 82.9 cm³/mol. The largest absolute Gasteiger partial charge is 1.00 e. The van der Waals surface area contributed by atoms with E-state index in [0.29, 0.717) is 6.54 Å². The second-order valence-electron chi connectivity index (χ2n) is 5.67. The average Bonchev–Trinajstić information content (AvgIpc) is 2.55. The Morgan fingerprint density at radius 1 is 1.04 bits per heavy atom. The van der Waals surface area contributed by atoms with Crippen LogP contribution in [-0.2, 0) is 19.5 Å². The average molecular weight is 382 g/mol. The number of ether oxygens (including phenoxy) is 2. The van der Waals surface area contributed by atoms with Crippen molar-refractivity contribution >= 4 is 0 Å². The summed E-state index contributed by atoms with van der Waals surface area (Å²) in [5, 5.41) is 0. The second-order valence-corrected chi connectivity index (χ2v) is 5.67. The molecule has 1 unspecified atom stereocenters. The van der Waals surface area contributed by atoms with Crippen LogP contribution in [0, 0.1) is 5.82 Å². The highest BCUT2D eigenvalue weighted by Gasteiger charge is 2.23. The fraction of sp³-hybridized carbons (Fsp3) is 0.333. The number of nitrogens with one attached hydrogen (secondary N) is 1. The van der Waals surface area contributed by atoms with Gasteiger partial charge in [-0.3, -0.25) is 0 Å². The Kier molecular flexibility index (Phi) is 6.02. The molecular weight excluding hydrogens is 361 g/mol. The lowest BCUT2D eigenvalue weighted by molar-refractivity contribution is -0.929. The molecule has 3 nitrogen and oxygen atoms in total. The number of quaternary nitrogens is 1. The first kappa shape index (κ1) is 17.8. The molecule has 0 fully saturated rings. The number of hydrogen-bond acceptors (Lipinski definition) is 2. The van der Waals surface area contributed by atoms with Gasteiger partial charge in [0, 0.05) is 17.5 Å². The number of hydrogen-bond donors (Lipinski definition) is 1. The molecule has 23 heavy (non-hydrogen) atoms. The quantitative estimate of drug-likeness (QED) is 0.733. The van der Waals surface area contributed by atoms with Crippen molar-refractivity contribution in [2.45, 2.75) is 19.5 Å². The zero-order valence-electron chi connectivity index (χ0n) is 13.4. The SMILES string of the molecule is COc1cc2c(cc1OC)C[NH+](Cc1ccccc1F)CC2.[Br-]. The lowest BCUT2D eigenvalue weighted by Crippen LogP contribution is -3.10. The van der Waals surface area contributed by atoms with Gasteiger partial charge in [-0.2, -0.15) is 0 Å². The fourth-order valence-electron chi connectivity index (χ4n) is 3.09. The summed E-state index contributed by atoms with van der Waals surface area (Å²) in [5.41, 5.74) is 3.34. The lowest BCUT2D eigenvalue weighted by Gasteiger charge is -2.27. The smallest absolute Gasteiger partial charge is 0.161 e. The van der Waals surface area contributed by atoms with E-state index in [9.17, 15) is 4.39 Å². The molecule has 2 aromatic rings. The minimum Gasteiger partial charge on any atom is -1.00 e. The van der Waals surface area contributed by atoms with Gasteiger partial charge in [0.2, 0.25) is 0 Å². The van der Waals surface area contributed by atoms with Gasteiger partial charge < -0.3 is 31.4 Å². The molecule has 0 saturated heterocycles. The van der Waals surface area contributed by atoms with Crippen molar-refractivity contribution in [2.75, 3.05) is 20.8 Å². The van der Waals surface area contributed by atoms with Gasteiger partial charge in [-0.15, -0.1) is 0 Å². The van der Waals surface area contributed by atoms with Gasteiger partial charge in [0.05, 0.1) is 20.8 Å². The van der Waals surface area contributed by atoms with E-state index in [0.717, 1.165) is 36.6 Å². The predicted octanol–water partition coefficient (Wildman–Crippen LogP) is -1.01. The third kappa shape index (κ3) is 3.85. The molecule has 2 aromatic carbocycles. The Morgan fingerprint density at radius 3 is 2.35 bits per heavy atom. The normalized spacial score (nSPS) is 16.2. The number of methoxy groups -OCH3 is 2. The van der Waals surface area contributed by atoms with Crippen molar-refractivity contribution in [3.63, 3.8) is 0 Å². The molecule has 0 aromatic heterocycles. The molecule has 0 bridgehead atoms. The second kappa shape index (κ2) is 7.79. The molecule has 0 aliphatic carbocycles. The van der Waals surface area contributed by atoms with Gasteiger partial charge in [-0.05, 0) is 23.8 Å². The standard InChI is InChI=1S/C18H20FNO2.BrH/c1-21-17-9-13-7-8-20(12-15(13)10-18(17)22-2)11-14-5-3-4-6-16(14)19;/h3-6,9-10H,7-8,11-12H2,1-2H3;1H. The molecule has 1 aliphatic rings. The van der Waals surface area contributed by atoms with Crippen LogP contribution in [0.1, 0.15) is 16.7 Å². The van der Waals surface area contributed by atoms with Crippen LogP contribution in [0.4, 0.5) is 4.39 Å². The first-order chi connectivity index (χ1) is 10.7. The van der Waals surface area contributed by atoms with Crippen molar-refractivity contribution in [3.05, 3.63) is 58.9 Å². The monoisotopic (exact) mass is 381 g/mol. The minimum absolute atomic E-state index is 0. The Morgan fingerprint density at radius 2 is 1.70 bits per heavy atom. The maximum Gasteiger partial charge on any atom is 0.161 e. The molecule has 0 saturated carbocycles. The van der Waals surface area contributed by atoms with E-state index in [1.165, 1.54) is 22.1 Å². The van der Waals surface area contributed by atoms with Gasteiger partial charge in [0.25, 0.3) is 0 Å². The number of fused-ring (bicyclic) bond motifs is 1. The first-order valence-electron chi connectivity index (χ1n) is 7.52. The first-order valence-corrected chi connectivity index (χ1v) is 7.52. The fourth-order valence-corrected chi connectivity index (χ4v) is 3.09. The van der Waals surface area contributed by atoms with E-state index >= 15 is 0 Å². The summed E-state index contributed by atoms with van der Waals surface area (Å²) in [6, 6.07) is 11.1. The van der Waals surface area contributed by atoms with Gasteiger partial charge >= 0.3 is 0 Å². The Hall–Kier alpha value is -1.59. The maximum absolute atomic E-state index is 13.8. The molecule has 0 spiro atoms. The summed E-state index contributed by atoms with van der Waals surface area (Å²) < 4.78 is 24.5. The minimum atomic E-state index is -0.117. The van der Waals surface area contributed by atoms with Crippen molar-refractivity contribution in [2.24, 2.45) is 0 Å². The third-order valence-electron chi connectivity index (χ3n) is 4.29. The Bertz CT molecular complexity index is 678. The van der Waals surface area contributed by atoms with E-state index in [1.54, 1.807) is 20.3 Å². The highest BCUT2D eigenvalue weighted by molar-refractivity contribution is 5.47. The molecule has 3 rings (SSSR count). The van der Waals surface area contributed by atoms with Crippen molar-refractivity contribution < 1.29 is 35.7 Å². The summed E-state index contributed by atoms with van der Waals surface area (Å²) in [5.74, 6) is 1.42. The summed E-state index contributed by atoms with van der Waals surface area (Å²) in [6.45, 7) is 2.58. The molecule has 124 valence electrons. The molecule has 1 heterocycles. The van der Waals surface area contributed by atoms with Crippen molar-refractivity contribution in [3.8, 4) is 11.5 Å². The van der Waals surface area contributed by atoms with Gasteiger partial charge in [-0.25, -0.2) is 4.39 Å². The van der Waals surface area contributed by atoms with Crippen LogP contribution in [0.25, 0.3) is 0 Å². The van der Waals surface area contributed by atoms with Gasteiger partial charge in [0.1, 0.15) is 18.9 Å². The van der Waals surface area contributed by atoms with Crippen LogP contribution < -0.4 is 31.4 Å². The summed E-state index contributed by atoms with van der Waals surface area (Å²) in [6.07, 6.45) is 0.972. The van der Waals surface area contributed by atoms with Gasteiger partial charge in [-0.1, -0.05) is 18.2 Å². The van der Waals surface area contributed by atoms with Crippen LogP contribution in [0.3, 0.4) is 0 Å². The molecule has 1 aliphatic heterocycles. The zero-order chi connectivity index (χ0) is 15.5. The molecule has 5 heteroatoms. The summed E-state index contributed by atoms with van der Waals surface area (Å²) >= 11 is 0. The summed E-state index contributed by atoms with van der Waals surface area (Å²) in [4.78, 5) is 1.37. The van der Waals surface area contributed by atoms with Crippen LogP contribution in [0.2, 0.25) is 0 Å². The maximum atomic E-state index is 13.8. The molecule has 0 radical (unpaired) electrons. The molecule has 1 N–H and O–H groups in total. The van der Waals surface area contributed by atoms with E-state index in [1.807, 2.05) is 12.1 Å². The van der Waals surface area contributed by atoms with E-state index < -0.39 is 0 Å². The third-order valence-corrected chi connectivity index (χ3v) is 4.29. The molecule has 0 amide bonds. The summed E-state index contributed by atoms with van der Waals surface area (Å²) in [7, 11) is 3.31. The van der Waals surface area contributed by atoms with Crippen LogP contribution in [0.15, 0.2) is 36.4 Å². The number of rotatable bonds is 4. The van der Waals surface area contributed by atoms with Crippen LogP contribution >= 0.6 is 0 Å². The van der Waals surface area contributed by atoms with Crippen molar-refractivity contribution in [1.29, 1.82) is 0 Å². The number of halogens is 2. The topological polar surface area (TPSA) is 22.9 Å². The van der Waals surface area contributed by atoms with E-state index in [4.69, 9.17) is 9.47 Å². The lowest BCUT2D eigenvalue weighted by atomic mass is 9.98. The molecule has 1 atom stereocenters. The Labute approximate surface area is 146 Å². The zero-order valence-corrected chi connectivity index (χ0v) is 15.0.